The van der Waals surface area contributed by atoms with E-state index in [1.807, 2.05) is 0 Å². The average molecular weight is 348 g/mol. The van der Waals surface area contributed by atoms with Gasteiger partial charge in [-0.25, -0.2) is 0 Å². The molecule has 1 aromatic carbocycles. The Morgan fingerprint density at radius 3 is 2.71 bits per heavy atom. The molecule has 0 atom stereocenters. The van der Waals surface area contributed by atoms with Gasteiger partial charge in [-0.1, -0.05) is 34.5 Å². The van der Waals surface area contributed by atoms with Crippen molar-refractivity contribution in [2.75, 3.05) is 0 Å². The minimum atomic E-state index is -0.671. The van der Waals surface area contributed by atoms with Crippen molar-refractivity contribution in [3.8, 4) is 0 Å². The van der Waals surface area contributed by atoms with E-state index in [9.17, 15) is 19.7 Å². The number of nitro benzene ring substituents is 1. The summed E-state index contributed by atoms with van der Waals surface area (Å²) in [4.78, 5) is 35.3. The largest absolute Gasteiger partial charge is 0.346 e. The lowest BCUT2D eigenvalue weighted by Crippen LogP contribution is -2.23. The van der Waals surface area contributed by atoms with Crippen molar-refractivity contribution in [3.63, 3.8) is 0 Å². The van der Waals surface area contributed by atoms with Crippen LogP contribution < -0.4 is 10.2 Å². The van der Waals surface area contributed by atoms with Crippen molar-refractivity contribution in [1.82, 2.24) is 10.3 Å². The molecule has 110 valence electrons. The molecule has 1 heterocycles. The summed E-state index contributed by atoms with van der Waals surface area (Å²) in [5.74, 6) is -0.627. The van der Waals surface area contributed by atoms with Crippen LogP contribution in [0.2, 0.25) is 10.0 Å². The van der Waals surface area contributed by atoms with E-state index in [0.717, 1.165) is 23.5 Å². The number of thiazole rings is 1. The van der Waals surface area contributed by atoms with Gasteiger partial charge in [0.15, 0.2) is 0 Å². The first kappa shape index (κ1) is 15.5. The Labute approximate surface area is 131 Å². The molecule has 1 amide bonds. The highest BCUT2D eigenvalue weighted by molar-refractivity contribution is 7.07. The number of hydrogen-bond donors (Lipinski definition) is 2. The third-order valence-corrected chi connectivity index (χ3v) is 4.00. The fraction of sp³-hybridized carbons (Fsp3) is 0.0909. The van der Waals surface area contributed by atoms with Crippen LogP contribution in [0.15, 0.2) is 22.3 Å². The molecule has 0 aliphatic heterocycles. The van der Waals surface area contributed by atoms with E-state index in [1.54, 1.807) is 5.38 Å². The first-order valence-electron chi connectivity index (χ1n) is 5.47. The molecule has 7 nitrogen and oxygen atoms in total. The van der Waals surface area contributed by atoms with Gasteiger partial charge in [0, 0.05) is 23.2 Å². The summed E-state index contributed by atoms with van der Waals surface area (Å²) < 4.78 is 0. The maximum absolute atomic E-state index is 12.0. The van der Waals surface area contributed by atoms with Crippen LogP contribution in [0.25, 0.3) is 0 Å². The summed E-state index contributed by atoms with van der Waals surface area (Å²) >= 11 is 12.6. The topological polar surface area (TPSA) is 105 Å². The quantitative estimate of drug-likeness (QED) is 0.654. The van der Waals surface area contributed by atoms with E-state index in [4.69, 9.17) is 23.2 Å². The molecular weight excluding hydrogens is 341 g/mol. The first-order chi connectivity index (χ1) is 9.88. The lowest BCUT2D eigenvalue weighted by atomic mass is 10.2. The predicted molar refractivity (Wildman–Crippen MR) is 79.2 cm³/mol. The molecule has 2 aromatic rings. The SMILES string of the molecule is O=C(NCc1csc(=O)[nH]1)c1cc([N+](=O)[O-])cc(Cl)c1Cl. The summed E-state index contributed by atoms with van der Waals surface area (Å²) in [6.07, 6.45) is 0. The fourth-order valence-electron chi connectivity index (χ4n) is 1.52. The van der Waals surface area contributed by atoms with Gasteiger partial charge < -0.3 is 10.3 Å². The molecule has 0 fully saturated rings. The summed E-state index contributed by atoms with van der Waals surface area (Å²) in [6.45, 7) is 0.0637. The van der Waals surface area contributed by atoms with Gasteiger partial charge in [0.2, 0.25) is 0 Å². The van der Waals surface area contributed by atoms with Gasteiger partial charge in [-0.2, -0.15) is 0 Å². The number of nitro groups is 1. The number of rotatable bonds is 4. The Morgan fingerprint density at radius 1 is 1.43 bits per heavy atom. The number of nitrogens with zero attached hydrogens (tertiary/aromatic N) is 1. The monoisotopic (exact) mass is 347 g/mol. The van der Waals surface area contributed by atoms with Gasteiger partial charge in [-0.15, -0.1) is 0 Å². The zero-order chi connectivity index (χ0) is 15.6. The third kappa shape index (κ3) is 3.60. The van der Waals surface area contributed by atoms with Gasteiger partial charge in [0.1, 0.15) is 0 Å². The standard InChI is InChI=1S/C11H7Cl2N3O4S/c12-8-2-6(16(19)20)1-7(9(8)13)10(17)14-3-5-4-21-11(18)15-5/h1-2,4H,3H2,(H,14,17)(H,15,18). The molecule has 0 aliphatic rings. The molecule has 1 aromatic heterocycles. The molecule has 21 heavy (non-hydrogen) atoms. The van der Waals surface area contributed by atoms with Gasteiger partial charge in [0.25, 0.3) is 11.6 Å². The summed E-state index contributed by atoms with van der Waals surface area (Å²) in [6, 6.07) is 2.11. The fourth-order valence-corrected chi connectivity index (χ4v) is 2.51. The maximum Gasteiger partial charge on any atom is 0.304 e. The molecule has 0 saturated heterocycles. The summed E-state index contributed by atoms with van der Waals surface area (Å²) in [5.41, 5.74) is 0.0814. The van der Waals surface area contributed by atoms with E-state index >= 15 is 0 Å². The number of benzene rings is 1. The van der Waals surface area contributed by atoms with E-state index in [0.29, 0.717) is 5.69 Å². The Morgan fingerprint density at radius 2 is 2.14 bits per heavy atom. The number of non-ortho nitro benzene ring substituents is 1. The molecule has 0 saturated carbocycles. The zero-order valence-corrected chi connectivity index (χ0v) is 12.5. The minimum Gasteiger partial charge on any atom is -0.346 e. The van der Waals surface area contributed by atoms with Crippen molar-refractivity contribution < 1.29 is 9.72 Å². The highest BCUT2D eigenvalue weighted by Gasteiger charge is 2.19. The summed E-state index contributed by atoms with van der Waals surface area (Å²) in [5, 5.41) is 14.7. The van der Waals surface area contributed by atoms with Crippen LogP contribution in [-0.4, -0.2) is 15.8 Å². The zero-order valence-electron chi connectivity index (χ0n) is 10.2. The van der Waals surface area contributed by atoms with E-state index < -0.39 is 10.8 Å². The highest BCUT2D eigenvalue weighted by atomic mass is 35.5. The van der Waals surface area contributed by atoms with Gasteiger partial charge in [-0.3, -0.25) is 19.7 Å². The number of carbonyl (C=O) groups is 1. The Bertz CT molecular complexity index is 771. The van der Waals surface area contributed by atoms with E-state index in [1.165, 1.54) is 0 Å². The Balaban J connectivity index is 2.22. The smallest absolute Gasteiger partial charge is 0.304 e. The molecule has 10 heteroatoms. The molecule has 0 spiro atoms. The Hall–Kier alpha value is -1.90. The molecule has 0 radical (unpaired) electrons. The third-order valence-electron chi connectivity index (χ3n) is 2.48. The lowest BCUT2D eigenvalue weighted by Gasteiger charge is -2.07. The van der Waals surface area contributed by atoms with Crippen LogP contribution >= 0.6 is 34.5 Å². The minimum absolute atomic E-state index is 0.0637. The second kappa shape index (κ2) is 6.25. The van der Waals surface area contributed by atoms with Crippen LogP contribution in [0.1, 0.15) is 16.1 Å². The molecule has 0 unspecified atom stereocenters. The predicted octanol–water partition coefficient (Wildman–Crippen LogP) is 2.58. The molecule has 2 rings (SSSR count). The second-order valence-electron chi connectivity index (χ2n) is 3.90. The number of aromatic amines is 1. The van der Waals surface area contributed by atoms with Crippen molar-refractivity contribution in [2.45, 2.75) is 6.54 Å². The normalized spacial score (nSPS) is 10.4. The first-order valence-corrected chi connectivity index (χ1v) is 7.10. The second-order valence-corrected chi connectivity index (χ2v) is 5.53. The summed E-state index contributed by atoms with van der Waals surface area (Å²) in [7, 11) is 0. The number of halogens is 2. The van der Waals surface area contributed by atoms with Crippen LogP contribution in [0, 0.1) is 10.1 Å². The lowest BCUT2D eigenvalue weighted by molar-refractivity contribution is -0.384. The van der Waals surface area contributed by atoms with Crippen molar-refractivity contribution in [2.24, 2.45) is 0 Å². The van der Waals surface area contributed by atoms with Gasteiger partial charge in [-0.05, 0) is 0 Å². The maximum atomic E-state index is 12.0. The van der Waals surface area contributed by atoms with E-state index in [2.05, 4.69) is 10.3 Å². The van der Waals surface area contributed by atoms with Crippen molar-refractivity contribution in [1.29, 1.82) is 0 Å². The number of amides is 1. The van der Waals surface area contributed by atoms with Crippen LogP contribution in [0.3, 0.4) is 0 Å². The number of hydrogen-bond acceptors (Lipinski definition) is 5. The highest BCUT2D eigenvalue weighted by Crippen LogP contribution is 2.30. The van der Waals surface area contributed by atoms with Crippen LogP contribution in [-0.2, 0) is 6.54 Å². The van der Waals surface area contributed by atoms with E-state index in [-0.39, 0.29) is 32.7 Å². The number of H-pyrrole nitrogens is 1. The molecular formula is C11H7Cl2N3O4S. The Kier molecular flexibility index (Phi) is 4.61. The van der Waals surface area contributed by atoms with Crippen LogP contribution in [0.4, 0.5) is 5.69 Å². The van der Waals surface area contributed by atoms with Crippen molar-refractivity contribution in [3.05, 3.63) is 58.6 Å². The van der Waals surface area contributed by atoms with Crippen molar-refractivity contribution >= 4 is 46.1 Å². The molecule has 0 bridgehead atoms. The number of aromatic nitrogens is 1. The molecule has 2 N–H and O–H groups in total. The van der Waals surface area contributed by atoms with Crippen LogP contribution in [0.5, 0.6) is 0 Å². The van der Waals surface area contributed by atoms with Gasteiger partial charge >= 0.3 is 4.87 Å². The molecule has 0 aliphatic carbocycles. The average Bonchev–Trinajstić information content (AvgIpc) is 2.84. The number of carbonyl (C=O) groups excluding carboxylic acids is 1. The van der Waals surface area contributed by atoms with Gasteiger partial charge in [0.05, 0.1) is 27.1 Å². The number of nitrogens with one attached hydrogen (secondary N) is 2.